The molecule has 124 valence electrons. The van der Waals surface area contributed by atoms with Crippen molar-refractivity contribution in [3.05, 3.63) is 34.7 Å². The van der Waals surface area contributed by atoms with Crippen molar-refractivity contribution >= 4 is 23.2 Å². The first kappa shape index (κ1) is 16.2. The van der Waals surface area contributed by atoms with Gasteiger partial charge in [-0.05, 0) is 25.0 Å². The predicted molar refractivity (Wildman–Crippen MR) is 88.7 cm³/mol. The molecule has 2 aromatic heterocycles. The summed E-state index contributed by atoms with van der Waals surface area (Å²) in [5.41, 5.74) is 2.02. The third-order valence-electron chi connectivity index (χ3n) is 4.22. The summed E-state index contributed by atoms with van der Waals surface area (Å²) in [7, 11) is 3.45. The number of hydrogen-bond donors (Lipinski definition) is 1. The molecule has 23 heavy (non-hydrogen) atoms. The fraction of sp³-hybridized carbons (Fsp3) is 0.500. The largest absolute Gasteiger partial charge is 0.393 e. The van der Waals surface area contributed by atoms with E-state index in [-0.39, 0.29) is 12.0 Å². The quantitative estimate of drug-likeness (QED) is 0.925. The van der Waals surface area contributed by atoms with Gasteiger partial charge in [-0.15, -0.1) is 0 Å². The van der Waals surface area contributed by atoms with Crippen LogP contribution in [-0.4, -0.2) is 63.5 Å². The lowest BCUT2D eigenvalue weighted by atomic mass is 10.1. The van der Waals surface area contributed by atoms with Crippen LogP contribution in [0.5, 0.6) is 0 Å². The number of fused-ring (bicyclic) bond motifs is 1. The van der Waals surface area contributed by atoms with E-state index in [1.54, 1.807) is 26.4 Å². The Kier molecular flexibility index (Phi) is 4.57. The number of halogens is 1. The van der Waals surface area contributed by atoms with Crippen molar-refractivity contribution in [2.45, 2.75) is 25.5 Å². The van der Waals surface area contributed by atoms with Gasteiger partial charge >= 0.3 is 0 Å². The zero-order chi connectivity index (χ0) is 16.6. The Hall–Kier alpha value is -1.63. The summed E-state index contributed by atoms with van der Waals surface area (Å²) in [6, 6.07) is 3.59. The molecule has 0 radical (unpaired) electrons. The van der Waals surface area contributed by atoms with Gasteiger partial charge in [-0.1, -0.05) is 11.6 Å². The van der Waals surface area contributed by atoms with Gasteiger partial charge in [0.15, 0.2) is 5.69 Å². The van der Waals surface area contributed by atoms with Gasteiger partial charge < -0.3 is 14.4 Å². The Labute approximate surface area is 140 Å². The Bertz CT molecular complexity index is 720. The number of nitrogens with zero attached hydrogens (tertiary/aromatic N) is 4. The van der Waals surface area contributed by atoms with Gasteiger partial charge in [0.2, 0.25) is 0 Å². The molecule has 0 saturated carbocycles. The molecule has 1 aliphatic rings. The number of aliphatic hydroxyl groups is 1. The van der Waals surface area contributed by atoms with Crippen molar-refractivity contribution in [3.8, 4) is 0 Å². The Balaban J connectivity index is 1.99. The summed E-state index contributed by atoms with van der Waals surface area (Å²) in [6.45, 7) is 2.23. The van der Waals surface area contributed by atoms with Crippen LogP contribution >= 0.6 is 11.6 Å². The van der Waals surface area contributed by atoms with Gasteiger partial charge in [0.05, 0.1) is 16.8 Å². The van der Waals surface area contributed by atoms with Crippen molar-refractivity contribution in [1.29, 1.82) is 0 Å². The summed E-state index contributed by atoms with van der Waals surface area (Å²) in [5, 5.41) is 10.3. The molecule has 0 spiro atoms. The third-order valence-corrected chi connectivity index (χ3v) is 4.44. The van der Waals surface area contributed by atoms with Gasteiger partial charge in [-0.2, -0.15) is 0 Å². The standard InChI is InChI=1S/C16H21ClN4O2/c1-19(2)16(23)15-13(10-20-7-5-12(22)6-8-20)21-9-11(17)3-4-14(21)18-15/h3-4,9,12,22H,5-8,10H2,1-2H3. The number of aliphatic hydroxyl groups excluding tert-OH is 1. The number of rotatable bonds is 3. The van der Waals surface area contributed by atoms with Crippen molar-refractivity contribution < 1.29 is 9.90 Å². The summed E-state index contributed by atoms with van der Waals surface area (Å²) in [6.07, 6.45) is 3.10. The molecular weight excluding hydrogens is 316 g/mol. The SMILES string of the molecule is CN(C)C(=O)c1nc2ccc(Cl)cn2c1CN1CCC(O)CC1. The number of pyridine rings is 1. The maximum absolute atomic E-state index is 12.5. The smallest absolute Gasteiger partial charge is 0.273 e. The molecule has 3 rings (SSSR count). The molecule has 1 fully saturated rings. The Morgan fingerprint density at radius 3 is 2.74 bits per heavy atom. The van der Waals surface area contributed by atoms with Gasteiger partial charge in [0.25, 0.3) is 5.91 Å². The van der Waals surface area contributed by atoms with E-state index in [2.05, 4.69) is 9.88 Å². The predicted octanol–water partition coefficient (Wildman–Crippen LogP) is 1.65. The van der Waals surface area contributed by atoms with Crippen LogP contribution in [0.3, 0.4) is 0 Å². The molecular formula is C16H21ClN4O2. The minimum absolute atomic E-state index is 0.114. The average Bonchev–Trinajstić information content (AvgIpc) is 2.86. The molecule has 2 aromatic rings. The van der Waals surface area contributed by atoms with Crippen LogP contribution in [-0.2, 0) is 6.54 Å². The summed E-state index contributed by atoms with van der Waals surface area (Å²) in [5.74, 6) is -0.114. The van der Waals surface area contributed by atoms with Crippen LogP contribution in [0.1, 0.15) is 29.0 Å². The second-order valence-electron chi connectivity index (χ2n) is 6.19. The molecule has 3 heterocycles. The fourth-order valence-corrected chi connectivity index (χ4v) is 3.05. The van der Waals surface area contributed by atoms with Crippen LogP contribution in [0.2, 0.25) is 5.02 Å². The number of likely N-dealkylation sites (tertiary alicyclic amines) is 1. The lowest BCUT2D eigenvalue weighted by Crippen LogP contribution is -2.36. The highest BCUT2D eigenvalue weighted by Gasteiger charge is 2.24. The van der Waals surface area contributed by atoms with Crippen molar-refractivity contribution in [1.82, 2.24) is 19.2 Å². The first-order chi connectivity index (χ1) is 11.0. The molecule has 1 N–H and O–H groups in total. The van der Waals surface area contributed by atoms with Gasteiger partial charge in [-0.25, -0.2) is 4.98 Å². The molecule has 0 bridgehead atoms. The van der Waals surface area contributed by atoms with Gasteiger partial charge in [-0.3, -0.25) is 9.69 Å². The van der Waals surface area contributed by atoms with Crippen LogP contribution in [0.25, 0.3) is 5.65 Å². The molecule has 7 heteroatoms. The zero-order valence-electron chi connectivity index (χ0n) is 13.4. The van der Waals surface area contributed by atoms with Crippen molar-refractivity contribution in [3.63, 3.8) is 0 Å². The number of aromatic nitrogens is 2. The fourth-order valence-electron chi connectivity index (χ4n) is 2.89. The number of carbonyl (C=O) groups is 1. The first-order valence-electron chi connectivity index (χ1n) is 7.74. The second kappa shape index (κ2) is 6.47. The summed E-state index contributed by atoms with van der Waals surface area (Å²) < 4.78 is 1.89. The van der Waals surface area contributed by atoms with E-state index >= 15 is 0 Å². The maximum atomic E-state index is 12.5. The van der Waals surface area contributed by atoms with E-state index in [1.807, 2.05) is 10.5 Å². The monoisotopic (exact) mass is 336 g/mol. The van der Waals surface area contributed by atoms with E-state index in [9.17, 15) is 9.90 Å². The lowest BCUT2D eigenvalue weighted by molar-refractivity contribution is 0.0763. The number of piperidine rings is 1. The number of amides is 1. The van der Waals surface area contributed by atoms with Crippen molar-refractivity contribution in [2.75, 3.05) is 27.2 Å². The van der Waals surface area contributed by atoms with Crippen LogP contribution in [0, 0.1) is 0 Å². The first-order valence-corrected chi connectivity index (χ1v) is 8.12. The molecule has 0 atom stereocenters. The molecule has 0 unspecified atom stereocenters. The maximum Gasteiger partial charge on any atom is 0.273 e. The number of carbonyl (C=O) groups excluding carboxylic acids is 1. The van der Waals surface area contributed by atoms with Crippen LogP contribution in [0.4, 0.5) is 0 Å². The van der Waals surface area contributed by atoms with Crippen LogP contribution < -0.4 is 0 Å². The van der Waals surface area contributed by atoms with Crippen LogP contribution in [0.15, 0.2) is 18.3 Å². The zero-order valence-corrected chi connectivity index (χ0v) is 14.1. The van der Waals surface area contributed by atoms with E-state index < -0.39 is 0 Å². The molecule has 0 aromatic carbocycles. The minimum Gasteiger partial charge on any atom is -0.393 e. The minimum atomic E-state index is -0.217. The summed E-state index contributed by atoms with van der Waals surface area (Å²) >= 11 is 6.11. The molecule has 1 saturated heterocycles. The third kappa shape index (κ3) is 3.34. The Morgan fingerprint density at radius 1 is 1.39 bits per heavy atom. The summed E-state index contributed by atoms with van der Waals surface area (Å²) in [4.78, 5) is 20.7. The van der Waals surface area contributed by atoms with E-state index in [0.717, 1.165) is 31.6 Å². The highest BCUT2D eigenvalue weighted by atomic mass is 35.5. The van der Waals surface area contributed by atoms with E-state index in [1.165, 1.54) is 4.90 Å². The normalized spacial score (nSPS) is 16.9. The topological polar surface area (TPSA) is 61.1 Å². The highest BCUT2D eigenvalue weighted by Crippen LogP contribution is 2.21. The van der Waals surface area contributed by atoms with Crippen molar-refractivity contribution in [2.24, 2.45) is 0 Å². The van der Waals surface area contributed by atoms with E-state index in [0.29, 0.717) is 22.9 Å². The van der Waals surface area contributed by atoms with E-state index in [4.69, 9.17) is 11.6 Å². The molecule has 1 aliphatic heterocycles. The average molecular weight is 337 g/mol. The van der Waals surface area contributed by atoms with Gasteiger partial charge in [0, 0.05) is 39.9 Å². The second-order valence-corrected chi connectivity index (χ2v) is 6.63. The Morgan fingerprint density at radius 2 is 2.09 bits per heavy atom. The lowest BCUT2D eigenvalue weighted by Gasteiger charge is -2.29. The molecule has 0 aliphatic carbocycles. The van der Waals surface area contributed by atoms with Gasteiger partial charge in [0.1, 0.15) is 5.65 Å². The molecule has 1 amide bonds. The number of hydrogen-bond acceptors (Lipinski definition) is 4. The highest BCUT2D eigenvalue weighted by molar-refractivity contribution is 6.30. The number of imidazole rings is 1. The molecule has 6 nitrogen and oxygen atoms in total.